The molecule has 5 unspecified atom stereocenters. The van der Waals surface area contributed by atoms with Crippen LogP contribution in [-0.2, 0) is 4.79 Å². The van der Waals surface area contributed by atoms with E-state index in [9.17, 15) is 4.79 Å². The molecule has 2 heterocycles. The van der Waals surface area contributed by atoms with Gasteiger partial charge in [-0.3, -0.25) is 4.79 Å². The number of halogens is 1. The number of hydrogen-bond acceptors (Lipinski definition) is 5. The summed E-state index contributed by atoms with van der Waals surface area (Å²) in [5, 5.41) is 3.87. The van der Waals surface area contributed by atoms with Crippen molar-refractivity contribution in [1.29, 1.82) is 0 Å². The minimum Gasteiger partial charge on any atom is -0.342 e. The quantitative estimate of drug-likeness (QED) is 0.888. The second kappa shape index (κ2) is 6.40. The summed E-state index contributed by atoms with van der Waals surface area (Å²) in [6.07, 6.45) is 5.54. The van der Waals surface area contributed by atoms with Crippen molar-refractivity contribution in [3.8, 4) is 0 Å². The smallest absolute Gasteiger partial charge is 0.231 e. The Morgan fingerprint density at radius 1 is 1.30 bits per heavy atom. The Morgan fingerprint density at radius 3 is 2.74 bits per heavy atom. The predicted octanol–water partition coefficient (Wildman–Crippen LogP) is 1.88. The summed E-state index contributed by atoms with van der Waals surface area (Å²) in [5.41, 5.74) is 6.33. The van der Waals surface area contributed by atoms with Gasteiger partial charge in [0.25, 0.3) is 0 Å². The molecule has 4 rings (SSSR count). The van der Waals surface area contributed by atoms with E-state index in [-0.39, 0.29) is 36.2 Å². The molecule has 1 aromatic rings. The Hall–Kier alpha value is -1.14. The minimum absolute atomic E-state index is 0. The molecular weight excluding hydrogens is 316 g/mol. The van der Waals surface area contributed by atoms with E-state index in [1.54, 1.807) is 0 Å². The van der Waals surface area contributed by atoms with Crippen LogP contribution in [-0.4, -0.2) is 40.1 Å². The number of carbonyl (C=O) groups excluding carboxylic acids is 1. The Morgan fingerprint density at radius 2 is 2.09 bits per heavy atom. The van der Waals surface area contributed by atoms with Gasteiger partial charge in [-0.05, 0) is 50.9 Å². The summed E-state index contributed by atoms with van der Waals surface area (Å²) in [7, 11) is 0. The topological polar surface area (TPSA) is 85.2 Å². The van der Waals surface area contributed by atoms with Gasteiger partial charge < -0.3 is 15.2 Å². The van der Waals surface area contributed by atoms with Gasteiger partial charge in [-0.25, -0.2) is 0 Å². The van der Waals surface area contributed by atoms with Crippen molar-refractivity contribution in [2.24, 2.45) is 23.5 Å². The minimum atomic E-state index is 0. The van der Waals surface area contributed by atoms with E-state index in [1.165, 1.54) is 12.8 Å². The SMILES string of the molecule is Cc1noc(C2CCCN(C(=O)C3C4CCC(C4)C3N)C2)n1.Cl. The van der Waals surface area contributed by atoms with Crippen LogP contribution in [0.2, 0.25) is 0 Å². The van der Waals surface area contributed by atoms with E-state index >= 15 is 0 Å². The maximum Gasteiger partial charge on any atom is 0.231 e. The zero-order valence-corrected chi connectivity index (χ0v) is 14.3. The van der Waals surface area contributed by atoms with E-state index in [0.29, 0.717) is 30.1 Å². The highest BCUT2D eigenvalue weighted by Gasteiger charge is 2.50. The molecule has 1 aliphatic heterocycles. The van der Waals surface area contributed by atoms with Gasteiger partial charge in [0.2, 0.25) is 11.8 Å². The van der Waals surface area contributed by atoms with Crippen LogP contribution in [0.5, 0.6) is 0 Å². The van der Waals surface area contributed by atoms with Crippen molar-refractivity contribution in [3.05, 3.63) is 11.7 Å². The molecule has 0 aromatic carbocycles. The number of likely N-dealkylation sites (tertiary alicyclic amines) is 1. The molecule has 1 aromatic heterocycles. The van der Waals surface area contributed by atoms with Crippen molar-refractivity contribution in [2.75, 3.05) is 13.1 Å². The molecule has 0 radical (unpaired) electrons. The summed E-state index contributed by atoms with van der Waals surface area (Å²) in [6, 6.07) is 0.0669. The first kappa shape index (κ1) is 16.7. The molecular formula is C16H25ClN4O2. The van der Waals surface area contributed by atoms with Gasteiger partial charge in [0.1, 0.15) is 0 Å². The molecule has 2 N–H and O–H groups in total. The van der Waals surface area contributed by atoms with Gasteiger partial charge in [-0.2, -0.15) is 4.98 Å². The average Bonchev–Trinajstić information content (AvgIpc) is 3.23. The molecule has 1 amide bonds. The lowest BCUT2D eigenvalue weighted by Crippen LogP contribution is -2.49. The third-order valence-corrected chi connectivity index (χ3v) is 5.89. The lowest BCUT2D eigenvalue weighted by atomic mass is 9.83. The van der Waals surface area contributed by atoms with E-state index < -0.39 is 0 Å². The fraction of sp³-hybridized carbons (Fsp3) is 0.812. The lowest BCUT2D eigenvalue weighted by Gasteiger charge is -2.36. The second-order valence-electron chi connectivity index (χ2n) is 7.24. The van der Waals surface area contributed by atoms with Crippen LogP contribution in [0.1, 0.15) is 49.7 Å². The predicted molar refractivity (Wildman–Crippen MR) is 87.1 cm³/mol. The number of piperidine rings is 1. The molecule has 2 aliphatic carbocycles. The Labute approximate surface area is 142 Å². The molecule has 3 aliphatic rings. The Balaban J connectivity index is 0.00000156. The Bertz CT molecular complexity index is 576. The maximum absolute atomic E-state index is 13.0. The van der Waals surface area contributed by atoms with Gasteiger partial charge in [0.15, 0.2) is 5.82 Å². The summed E-state index contributed by atoms with van der Waals surface area (Å²) in [5.74, 6) is 2.90. The number of nitrogens with two attached hydrogens (primary N) is 1. The van der Waals surface area contributed by atoms with Crippen molar-refractivity contribution in [2.45, 2.75) is 51.0 Å². The van der Waals surface area contributed by atoms with Gasteiger partial charge in [0, 0.05) is 19.1 Å². The van der Waals surface area contributed by atoms with Crippen molar-refractivity contribution < 1.29 is 9.32 Å². The van der Waals surface area contributed by atoms with Crippen LogP contribution < -0.4 is 5.73 Å². The first-order valence-corrected chi connectivity index (χ1v) is 8.48. The first-order chi connectivity index (χ1) is 10.6. The zero-order valence-electron chi connectivity index (χ0n) is 13.5. The molecule has 6 nitrogen and oxygen atoms in total. The second-order valence-corrected chi connectivity index (χ2v) is 7.24. The molecule has 128 valence electrons. The van der Waals surface area contributed by atoms with Crippen molar-refractivity contribution in [3.63, 3.8) is 0 Å². The highest BCUT2D eigenvalue weighted by atomic mass is 35.5. The molecule has 2 bridgehead atoms. The van der Waals surface area contributed by atoms with Crippen LogP contribution in [0.3, 0.4) is 0 Å². The van der Waals surface area contributed by atoms with Gasteiger partial charge >= 0.3 is 0 Å². The number of amides is 1. The van der Waals surface area contributed by atoms with Gasteiger partial charge in [-0.15, -0.1) is 12.4 Å². The third-order valence-electron chi connectivity index (χ3n) is 5.89. The van der Waals surface area contributed by atoms with Crippen molar-refractivity contribution in [1.82, 2.24) is 15.0 Å². The standard InChI is InChI=1S/C16H24N4O2.ClH/c1-9-18-15(22-19-9)12-3-2-6-20(8-12)16(21)13-10-4-5-11(7-10)14(13)17;/h10-14H,2-8,17H2,1H3;1H. The fourth-order valence-corrected chi connectivity index (χ4v) is 4.77. The molecule has 1 saturated heterocycles. The largest absolute Gasteiger partial charge is 0.342 e. The van der Waals surface area contributed by atoms with E-state index in [1.807, 2.05) is 11.8 Å². The first-order valence-electron chi connectivity index (χ1n) is 8.48. The van der Waals surface area contributed by atoms with Crippen LogP contribution >= 0.6 is 12.4 Å². The van der Waals surface area contributed by atoms with Crippen LogP contribution in [0.15, 0.2) is 4.52 Å². The number of nitrogens with zero attached hydrogens (tertiary/aromatic N) is 3. The number of hydrogen-bond donors (Lipinski definition) is 1. The van der Waals surface area contributed by atoms with Crippen molar-refractivity contribution >= 4 is 18.3 Å². The highest BCUT2D eigenvalue weighted by Crippen LogP contribution is 2.48. The van der Waals surface area contributed by atoms with Crippen LogP contribution in [0.25, 0.3) is 0 Å². The molecule has 23 heavy (non-hydrogen) atoms. The molecule has 5 atom stereocenters. The van der Waals surface area contributed by atoms with Gasteiger partial charge in [-0.1, -0.05) is 5.16 Å². The van der Waals surface area contributed by atoms with E-state index in [4.69, 9.17) is 10.3 Å². The summed E-state index contributed by atoms with van der Waals surface area (Å²) in [6.45, 7) is 3.36. The zero-order chi connectivity index (χ0) is 15.3. The van der Waals surface area contributed by atoms with Gasteiger partial charge in [0.05, 0.1) is 11.8 Å². The fourth-order valence-electron chi connectivity index (χ4n) is 4.77. The summed E-state index contributed by atoms with van der Waals surface area (Å²) < 4.78 is 5.30. The normalized spacial score (nSPS) is 36.1. The number of aromatic nitrogens is 2. The number of aryl methyl sites for hydroxylation is 1. The molecule has 2 saturated carbocycles. The van der Waals surface area contributed by atoms with Crippen LogP contribution in [0.4, 0.5) is 0 Å². The van der Waals surface area contributed by atoms with E-state index in [2.05, 4.69) is 10.1 Å². The monoisotopic (exact) mass is 340 g/mol. The average molecular weight is 341 g/mol. The number of fused-ring (bicyclic) bond motifs is 2. The molecule has 3 fully saturated rings. The number of carbonyl (C=O) groups is 1. The maximum atomic E-state index is 13.0. The Kier molecular flexibility index (Phi) is 4.65. The number of rotatable bonds is 2. The summed E-state index contributed by atoms with van der Waals surface area (Å²) >= 11 is 0. The lowest BCUT2D eigenvalue weighted by molar-refractivity contribution is -0.139. The highest BCUT2D eigenvalue weighted by molar-refractivity contribution is 5.85. The third kappa shape index (κ3) is 2.87. The molecule has 0 spiro atoms. The summed E-state index contributed by atoms with van der Waals surface area (Å²) in [4.78, 5) is 19.3. The van der Waals surface area contributed by atoms with Crippen LogP contribution in [0, 0.1) is 24.7 Å². The molecule has 7 heteroatoms. The van der Waals surface area contributed by atoms with E-state index in [0.717, 1.165) is 25.8 Å².